The van der Waals surface area contributed by atoms with Gasteiger partial charge < -0.3 is 9.29 Å². The van der Waals surface area contributed by atoms with E-state index in [2.05, 4.69) is 32.9 Å². The molecule has 10 heteroatoms. The number of benzene rings is 2. The number of aryl methyl sites for hydroxylation is 3. The maximum atomic E-state index is 13.4. The Bertz CT molecular complexity index is 889. The highest BCUT2D eigenvalue weighted by Crippen LogP contribution is 2.20. The Hall–Kier alpha value is -1.40. The second-order valence-electron chi connectivity index (χ2n) is 5.49. The monoisotopic (exact) mass is 520 g/mol. The fourth-order valence-electron chi connectivity index (χ4n) is 2.11. The molecule has 0 atom stereocenters. The largest absolute Gasteiger partial charge is 0.741 e. The van der Waals surface area contributed by atoms with Crippen LogP contribution in [-0.2, 0) is 10.1 Å². The third kappa shape index (κ3) is 6.92. The van der Waals surface area contributed by atoms with Crippen molar-refractivity contribution in [3.05, 3.63) is 60.0 Å². The van der Waals surface area contributed by atoms with E-state index in [9.17, 15) is 17.6 Å². The summed E-state index contributed by atoms with van der Waals surface area (Å²) in [6, 6.07) is 9.60. The summed E-state index contributed by atoms with van der Waals surface area (Å²) in [5.74, 6) is 0.0345. The van der Waals surface area contributed by atoms with Crippen LogP contribution in [0, 0.1) is 33.7 Å². The van der Waals surface area contributed by atoms with Crippen molar-refractivity contribution in [1.82, 2.24) is 0 Å². The molecule has 0 saturated carbocycles. The van der Waals surface area contributed by atoms with Crippen LogP contribution in [0.15, 0.2) is 30.3 Å². The van der Waals surface area contributed by atoms with Crippen molar-refractivity contribution in [2.24, 2.45) is 0 Å². The summed E-state index contributed by atoms with van der Waals surface area (Å²) in [5.41, 5.74) is -1.70. The van der Waals surface area contributed by atoms with Crippen molar-refractivity contribution in [2.75, 3.05) is 7.11 Å². The van der Waals surface area contributed by atoms with Crippen LogP contribution in [0.2, 0.25) is 0 Å². The molecule has 2 aromatic rings. The molecular formula is C17H17F4IO4S. The normalized spacial score (nSPS) is 11.6. The zero-order valence-corrected chi connectivity index (χ0v) is 17.8. The fourth-order valence-corrected chi connectivity index (χ4v) is 4.70. The van der Waals surface area contributed by atoms with E-state index in [0.29, 0.717) is 5.75 Å². The minimum atomic E-state index is -6.09. The molecule has 0 saturated heterocycles. The van der Waals surface area contributed by atoms with Crippen molar-refractivity contribution in [3.63, 3.8) is 0 Å². The van der Waals surface area contributed by atoms with Gasteiger partial charge in [-0.05, 0) is 32.9 Å². The minimum absolute atomic E-state index is 0.299. The molecule has 0 aliphatic rings. The van der Waals surface area contributed by atoms with Gasteiger partial charge in [0.25, 0.3) is 0 Å². The number of rotatable bonds is 3. The highest BCUT2D eigenvalue weighted by molar-refractivity contribution is 7.86. The van der Waals surface area contributed by atoms with Crippen molar-refractivity contribution < 1.29 is 56.5 Å². The summed E-state index contributed by atoms with van der Waals surface area (Å²) in [4.78, 5) is 0. The first-order valence-corrected chi connectivity index (χ1v) is 10.9. The lowest BCUT2D eigenvalue weighted by Gasteiger charge is -2.08. The van der Waals surface area contributed by atoms with Crippen LogP contribution >= 0.6 is 0 Å². The number of ether oxygens (including phenoxy) is 1. The summed E-state index contributed by atoms with van der Waals surface area (Å²) >= 11 is -0.310. The molecule has 2 aromatic carbocycles. The first kappa shape index (κ1) is 23.6. The van der Waals surface area contributed by atoms with Crippen LogP contribution in [0.4, 0.5) is 17.6 Å². The van der Waals surface area contributed by atoms with Crippen LogP contribution in [0.25, 0.3) is 0 Å². The zero-order valence-electron chi connectivity index (χ0n) is 14.8. The molecule has 0 radical (unpaired) electrons. The Balaban J connectivity index is 0.000000387. The van der Waals surface area contributed by atoms with E-state index >= 15 is 0 Å². The van der Waals surface area contributed by atoms with Gasteiger partial charge >= 0.3 is 26.7 Å². The Morgan fingerprint density at radius 2 is 1.52 bits per heavy atom. The molecule has 0 N–H and O–H groups in total. The third-order valence-electron chi connectivity index (χ3n) is 3.18. The lowest BCUT2D eigenvalue weighted by atomic mass is 10.1. The molecule has 150 valence electrons. The van der Waals surface area contributed by atoms with E-state index in [-0.39, 0.29) is 27.0 Å². The maximum Gasteiger partial charge on any atom is 0.485 e. The number of methoxy groups -OCH3 is 1. The molecule has 0 heterocycles. The van der Waals surface area contributed by atoms with Gasteiger partial charge in [-0.3, -0.25) is 0 Å². The molecule has 0 amide bonds. The average molecular weight is 520 g/mol. The molecular weight excluding hydrogens is 503 g/mol. The molecule has 0 aliphatic heterocycles. The van der Waals surface area contributed by atoms with Gasteiger partial charge in [0.05, 0.1) is 7.11 Å². The molecule has 27 heavy (non-hydrogen) atoms. The van der Waals surface area contributed by atoms with E-state index in [4.69, 9.17) is 17.7 Å². The van der Waals surface area contributed by atoms with E-state index in [0.717, 1.165) is 0 Å². The minimum Gasteiger partial charge on any atom is -0.741 e. The molecule has 0 spiro atoms. The highest BCUT2D eigenvalue weighted by Gasteiger charge is 2.36. The lowest BCUT2D eigenvalue weighted by molar-refractivity contribution is -0.598. The molecule has 0 unspecified atom stereocenters. The number of hydrogen-bond donors (Lipinski definition) is 0. The van der Waals surface area contributed by atoms with Crippen molar-refractivity contribution in [1.29, 1.82) is 0 Å². The smallest absolute Gasteiger partial charge is 0.485 e. The van der Waals surface area contributed by atoms with Crippen LogP contribution in [0.5, 0.6) is 5.75 Å². The topological polar surface area (TPSA) is 66.4 Å². The van der Waals surface area contributed by atoms with Crippen LogP contribution in [0.1, 0.15) is 16.7 Å². The van der Waals surface area contributed by atoms with E-state index in [1.54, 1.807) is 0 Å². The summed E-state index contributed by atoms with van der Waals surface area (Å²) in [6.07, 6.45) is 0. The molecule has 0 bridgehead atoms. The van der Waals surface area contributed by atoms with Crippen LogP contribution < -0.4 is 25.9 Å². The maximum absolute atomic E-state index is 13.4. The standard InChI is InChI=1S/C16H17FIO.CHF3O3S/c1-10-7-11(2)16(12(3)8-10)18-13-5-6-14(17)15(9-13)19-4;2-1(3,4)8(5,6)7/h5-9H,1-4H3;(H,5,6,7)/q+1;/p-1. The van der Waals surface area contributed by atoms with Gasteiger partial charge in [0.15, 0.2) is 28.8 Å². The van der Waals surface area contributed by atoms with Crippen molar-refractivity contribution in [2.45, 2.75) is 26.3 Å². The molecule has 0 fully saturated rings. The second-order valence-corrected chi connectivity index (χ2v) is 9.72. The molecule has 2 rings (SSSR count). The quantitative estimate of drug-likeness (QED) is 0.262. The summed E-state index contributed by atoms with van der Waals surface area (Å²) < 4.78 is 79.9. The van der Waals surface area contributed by atoms with Gasteiger partial charge in [-0.15, -0.1) is 0 Å². The SMILES string of the molecule is COc1cc([I+]c2c(C)cc(C)cc2C)ccc1F.O=S(=O)([O-])C(F)(F)F. The van der Waals surface area contributed by atoms with Crippen LogP contribution in [-0.4, -0.2) is 25.6 Å². The zero-order chi connectivity index (χ0) is 21.0. The third-order valence-corrected chi connectivity index (χ3v) is 7.28. The van der Waals surface area contributed by atoms with E-state index in [1.165, 1.54) is 37.0 Å². The predicted octanol–water partition coefficient (Wildman–Crippen LogP) is 0.939. The van der Waals surface area contributed by atoms with Crippen LogP contribution in [0.3, 0.4) is 0 Å². The Morgan fingerprint density at radius 3 is 1.93 bits per heavy atom. The number of halogens is 5. The first-order valence-electron chi connectivity index (χ1n) is 7.34. The second kappa shape index (κ2) is 9.20. The Kier molecular flexibility index (Phi) is 8.05. The van der Waals surface area contributed by atoms with Gasteiger partial charge in [0, 0.05) is 17.2 Å². The number of alkyl halides is 3. The summed E-state index contributed by atoms with van der Waals surface area (Å²) in [6.45, 7) is 6.41. The molecule has 4 nitrogen and oxygen atoms in total. The van der Waals surface area contributed by atoms with Gasteiger partial charge in [0.2, 0.25) is 0 Å². The average Bonchev–Trinajstić information content (AvgIpc) is 2.51. The van der Waals surface area contributed by atoms with Gasteiger partial charge in [0.1, 0.15) is 0 Å². The fraction of sp³-hybridized carbons (Fsp3) is 0.294. The molecule has 0 aliphatic carbocycles. The summed E-state index contributed by atoms with van der Waals surface area (Å²) in [7, 11) is -4.59. The predicted molar refractivity (Wildman–Crippen MR) is 86.8 cm³/mol. The summed E-state index contributed by atoms with van der Waals surface area (Å²) in [5, 5.41) is 0. The molecule has 0 aromatic heterocycles. The van der Waals surface area contributed by atoms with Crippen molar-refractivity contribution in [3.8, 4) is 5.75 Å². The first-order chi connectivity index (χ1) is 12.3. The highest BCUT2D eigenvalue weighted by atomic mass is 127. The van der Waals surface area contributed by atoms with Crippen molar-refractivity contribution >= 4 is 10.1 Å². The lowest BCUT2D eigenvalue weighted by Crippen LogP contribution is -3.62. The Labute approximate surface area is 165 Å². The van der Waals surface area contributed by atoms with Gasteiger partial charge in [-0.2, -0.15) is 13.2 Å². The van der Waals surface area contributed by atoms with E-state index < -0.39 is 15.6 Å². The van der Waals surface area contributed by atoms with Gasteiger partial charge in [-0.25, -0.2) is 12.8 Å². The van der Waals surface area contributed by atoms with Gasteiger partial charge in [-0.1, -0.05) is 17.7 Å². The Morgan fingerprint density at radius 1 is 1.04 bits per heavy atom. The number of hydrogen-bond acceptors (Lipinski definition) is 4. The van der Waals surface area contributed by atoms with E-state index in [1.807, 2.05) is 12.1 Å².